The summed E-state index contributed by atoms with van der Waals surface area (Å²) >= 11 is 5.74. The molecule has 0 spiro atoms. The topological polar surface area (TPSA) is 119 Å². The molecule has 236 valence electrons. The Labute approximate surface area is 266 Å². The Bertz CT molecular complexity index is 1570. The monoisotopic (exact) mass is 636 g/mol. The zero-order valence-corrected chi connectivity index (χ0v) is 26.1. The van der Waals surface area contributed by atoms with Gasteiger partial charge in [0, 0.05) is 43.1 Å². The molecule has 0 radical (unpaired) electrons. The number of anilines is 2. The Balaban J connectivity index is 1.84. The van der Waals surface area contributed by atoms with Gasteiger partial charge in [0.25, 0.3) is 11.8 Å². The normalized spacial score (nSPS) is 18.9. The van der Waals surface area contributed by atoms with Crippen LogP contribution in [0.1, 0.15) is 57.7 Å². The van der Waals surface area contributed by atoms with E-state index >= 15 is 0 Å². The van der Waals surface area contributed by atoms with Crippen LogP contribution < -0.4 is 15.1 Å². The van der Waals surface area contributed by atoms with E-state index < -0.39 is 54.6 Å². The van der Waals surface area contributed by atoms with Crippen LogP contribution in [0, 0.1) is 11.3 Å². The Kier molecular flexibility index (Phi) is 10.2. The number of nitriles is 1. The molecule has 4 rings (SSSR count). The van der Waals surface area contributed by atoms with E-state index in [1.807, 2.05) is 32.9 Å². The number of hydrogen-bond donors (Lipinski definition) is 1. The van der Waals surface area contributed by atoms with Crippen molar-refractivity contribution in [2.75, 3.05) is 15.7 Å². The maximum absolute atomic E-state index is 14.7. The highest BCUT2D eigenvalue weighted by molar-refractivity contribution is 6.18. The Hall–Kier alpha value is -4.43. The van der Waals surface area contributed by atoms with Gasteiger partial charge in [0.2, 0.25) is 17.8 Å². The number of hydrogen-bond acceptors (Lipinski definition) is 6. The van der Waals surface area contributed by atoms with Crippen molar-refractivity contribution in [2.45, 2.75) is 75.9 Å². The summed E-state index contributed by atoms with van der Waals surface area (Å²) in [7, 11) is 0. The van der Waals surface area contributed by atoms with Gasteiger partial charge in [-0.25, -0.2) is 18.7 Å². The molecule has 9 nitrogen and oxygen atoms in total. The largest absolute Gasteiger partial charge is 0.351 e. The van der Waals surface area contributed by atoms with Crippen LogP contribution in [0.4, 0.5) is 20.4 Å². The second-order valence-electron chi connectivity index (χ2n) is 12.1. The number of allylic oxidation sites excluding steroid dienone is 3. The summed E-state index contributed by atoms with van der Waals surface area (Å²) in [6.45, 7) is 10.1. The molecular weight excluding hydrogens is 602 g/mol. The molecule has 1 aromatic carbocycles. The third-order valence-electron chi connectivity index (χ3n) is 7.64. The van der Waals surface area contributed by atoms with E-state index in [-0.39, 0.29) is 41.4 Å². The van der Waals surface area contributed by atoms with E-state index in [1.165, 1.54) is 17.2 Å². The van der Waals surface area contributed by atoms with Gasteiger partial charge < -0.3 is 5.32 Å². The predicted molar refractivity (Wildman–Crippen MR) is 168 cm³/mol. The highest BCUT2D eigenvalue weighted by atomic mass is 35.5. The summed E-state index contributed by atoms with van der Waals surface area (Å²) in [4.78, 5) is 52.5. The van der Waals surface area contributed by atoms with Crippen LogP contribution in [-0.2, 0) is 19.8 Å². The van der Waals surface area contributed by atoms with Crippen LogP contribution >= 0.6 is 11.6 Å². The highest BCUT2D eigenvalue weighted by Gasteiger charge is 2.48. The molecule has 2 aromatic rings. The van der Waals surface area contributed by atoms with Crippen molar-refractivity contribution < 1.29 is 23.2 Å². The van der Waals surface area contributed by atoms with E-state index in [2.05, 4.69) is 21.9 Å². The second-order valence-corrected chi connectivity index (χ2v) is 12.4. The molecule has 2 atom stereocenters. The minimum atomic E-state index is -2.88. The zero-order chi connectivity index (χ0) is 32.9. The van der Waals surface area contributed by atoms with Crippen LogP contribution in [-0.4, -0.2) is 57.6 Å². The number of alkyl halides is 3. The average Bonchev–Trinajstić information content (AvgIpc) is 3.37. The van der Waals surface area contributed by atoms with Crippen molar-refractivity contribution in [1.82, 2.24) is 15.3 Å². The van der Waals surface area contributed by atoms with Crippen molar-refractivity contribution in [2.24, 2.45) is 0 Å². The molecule has 1 aliphatic carbocycles. The molecule has 45 heavy (non-hydrogen) atoms. The third kappa shape index (κ3) is 7.81. The standard InChI is InChI=1S/C33H35ClF2N6O3/c1-21(9-6-5-7-15-34)28(29(44)39-24-18-33(35,36)19-24)41(25-11-8-10-22(17-25)32(2,3)4)30(45)26-12-13-27(43)42(26)31-38-16-14-23(20-37)40-31/h5-11,14,16-17,24,26,28H,1,12-13,15,18-19H2,2-4H3,(H,39,44)/b7-5-,9-6-/t26-,28-/m0/s1. The molecule has 2 aliphatic rings. The third-order valence-corrected chi connectivity index (χ3v) is 7.82. The summed E-state index contributed by atoms with van der Waals surface area (Å²) in [6, 6.07) is 7.12. The molecule has 0 bridgehead atoms. The van der Waals surface area contributed by atoms with Crippen molar-refractivity contribution >= 4 is 41.0 Å². The van der Waals surface area contributed by atoms with Crippen LogP contribution in [0.25, 0.3) is 0 Å². The number of halogens is 3. The first-order valence-electron chi connectivity index (χ1n) is 14.5. The average molecular weight is 637 g/mol. The Morgan fingerprint density at radius 1 is 1.29 bits per heavy atom. The lowest BCUT2D eigenvalue weighted by Gasteiger charge is -2.39. The fourth-order valence-electron chi connectivity index (χ4n) is 5.28. The first-order chi connectivity index (χ1) is 21.3. The summed E-state index contributed by atoms with van der Waals surface area (Å²) in [5.74, 6) is -4.48. The van der Waals surface area contributed by atoms with Crippen molar-refractivity contribution in [3.8, 4) is 6.07 Å². The van der Waals surface area contributed by atoms with Gasteiger partial charge in [-0.2, -0.15) is 5.26 Å². The number of carbonyl (C=O) groups excluding carboxylic acids is 3. The number of rotatable bonds is 10. The van der Waals surface area contributed by atoms with Gasteiger partial charge in [0.1, 0.15) is 23.8 Å². The smallest absolute Gasteiger partial charge is 0.252 e. The molecule has 12 heteroatoms. The van der Waals surface area contributed by atoms with E-state index in [0.29, 0.717) is 5.69 Å². The molecule has 2 heterocycles. The van der Waals surface area contributed by atoms with Crippen molar-refractivity contribution in [3.63, 3.8) is 0 Å². The van der Waals surface area contributed by atoms with Crippen molar-refractivity contribution in [3.05, 3.63) is 84.2 Å². The maximum Gasteiger partial charge on any atom is 0.252 e. The van der Waals surface area contributed by atoms with E-state index in [4.69, 9.17) is 11.6 Å². The quantitative estimate of drug-likeness (QED) is 0.277. The molecule has 2 fully saturated rings. The van der Waals surface area contributed by atoms with Gasteiger partial charge in [0.05, 0.1) is 0 Å². The highest BCUT2D eigenvalue weighted by Crippen LogP contribution is 2.38. The van der Waals surface area contributed by atoms with Crippen LogP contribution in [0.15, 0.2) is 73.0 Å². The fraction of sp³-hybridized carbons (Fsp3) is 0.394. The zero-order valence-electron chi connectivity index (χ0n) is 25.3. The van der Waals surface area contributed by atoms with Gasteiger partial charge in [-0.3, -0.25) is 24.2 Å². The first kappa shape index (κ1) is 33.5. The number of aromatic nitrogens is 2. The fourth-order valence-corrected chi connectivity index (χ4v) is 5.38. The number of amides is 3. The van der Waals surface area contributed by atoms with Crippen LogP contribution in [0.5, 0.6) is 0 Å². The minimum Gasteiger partial charge on any atom is -0.351 e. The van der Waals surface area contributed by atoms with E-state index in [1.54, 1.807) is 42.5 Å². The summed E-state index contributed by atoms with van der Waals surface area (Å²) < 4.78 is 27.4. The lowest BCUT2D eigenvalue weighted by atomic mass is 9.86. The van der Waals surface area contributed by atoms with Gasteiger partial charge in [-0.1, -0.05) is 63.8 Å². The van der Waals surface area contributed by atoms with Gasteiger partial charge in [-0.15, -0.1) is 11.6 Å². The molecule has 1 aliphatic heterocycles. The summed E-state index contributed by atoms with van der Waals surface area (Å²) in [5, 5.41) is 12.0. The van der Waals surface area contributed by atoms with Crippen LogP contribution in [0.2, 0.25) is 0 Å². The summed E-state index contributed by atoms with van der Waals surface area (Å²) in [5.41, 5.74) is 1.10. The van der Waals surface area contributed by atoms with Crippen LogP contribution in [0.3, 0.4) is 0 Å². The molecule has 1 N–H and O–H groups in total. The number of nitrogens with zero attached hydrogens (tertiary/aromatic N) is 5. The minimum absolute atomic E-state index is 0.00447. The molecule has 1 saturated heterocycles. The molecule has 1 saturated carbocycles. The number of nitrogens with one attached hydrogen (secondary N) is 1. The number of carbonyl (C=O) groups is 3. The van der Waals surface area contributed by atoms with Gasteiger partial charge >= 0.3 is 0 Å². The molecule has 3 amide bonds. The number of benzene rings is 1. The van der Waals surface area contributed by atoms with Gasteiger partial charge in [0.15, 0.2) is 0 Å². The second kappa shape index (κ2) is 13.7. The van der Waals surface area contributed by atoms with E-state index in [0.717, 1.165) is 10.5 Å². The predicted octanol–water partition coefficient (Wildman–Crippen LogP) is 5.36. The molecular formula is C33H35ClF2N6O3. The SMILES string of the molecule is C=C(/C=C\C=C/CCl)[C@@H](C(=O)NC1CC(F)(F)C1)N(C(=O)[C@@H]1CCC(=O)N1c1nccc(C#N)n1)c1cccc(C(C)(C)C)c1. The lowest BCUT2D eigenvalue weighted by Crippen LogP contribution is -2.59. The Morgan fingerprint density at radius 3 is 2.67 bits per heavy atom. The van der Waals surface area contributed by atoms with E-state index in [9.17, 15) is 28.4 Å². The summed E-state index contributed by atoms with van der Waals surface area (Å²) in [6.07, 6.45) is 6.88. The molecule has 0 unspecified atom stereocenters. The van der Waals surface area contributed by atoms with Crippen molar-refractivity contribution in [1.29, 1.82) is 5.26 Å². The first-order valence-corrected chi connectivity index (χ1v) is 15.0. The molecule has 1 aromatic heterocycles. The Morgan fingerprint density at radius 2 is 2.02 bits per heavy atom. The van der Waals surface area contributed by atoms with Gasteiger partial charge in [-0.05, 0) is 41.2 Å². The maximum atomic E-state index is 14.7. The lowest BCUT2D eigenvalue weighted by molar-refractivity contribution is -0.132.